The molecule has 0 unspecified atom stereocenters. The molecule has 1 aromatic carbocycles. The molecule has 2 N–H and O–H groups in total. The molecule has 0 atom stereocenters. The van der Waals surface area contributed by atoms with Gasteiger partial charge in [-0.15, -0.1) is 0 Å². The first-order valence-corrected chi connectivity index (χ1v) is 7.70. The fourth-order valence-corrected chi connectivity index (χ4v) is 2.84. The van der Waals surface area contributed by atoms with Gasteiger partial charge in [0.2, 0.25) is 0 Å². The lowest BCUT2D eigenvalue weighted by Crippen LogP contribution is -2.13. The van der Waals surface area contributed by atoms with E-state index in [4.69, 9.17) is 22.7 Å². The molecule has 0 spiro atoms. The van der Waals surface area contributed by atoms with Gasteiger partial charge in [0.1, 0.15) is 17.3 Å². The van der Waals surface area contributed by atoms with E-state index in [-0.39, 0.29) is 0 Å². The summed E-state index contributed by atoms with van der Waals surface area (Å²) < 4.78 is 7.99. The topological polar surface area (TPSA) is 53.1 Å². The number of hydrogen-bond donors (Lipinski definition) is 1. The van der Waals surface area contributed by atoms with Crippen molar-refractivity contribution < 1.29 is 4.74 Å². The molecule has 0 fully saturated rings. The van der Waals surface area contributed by atoms with Crippen molar-refractivity contribution in [1.82, 2.24) is 9.55 Å². The van der Waals surface area contributed by atoms with Crippen LogP contribution in [0.5, 0.6) is 5.75 Å². The maximum atomic E-state index is 5.77. The first-order chi connectivity index (χ1) is 10.2. The molecular weight excluding hydrogens is 282 g/mol. The number of aryl methyl sites for hydroxylation is 1. The highest BCUT2D eigenvalue weighted by atomic mass is 32.1. The van der Waals surface area contributed by atoms with Gasteiger partial charge in [-0.05, 0) is 49.9 Å². The summed E-state index contributed by atoms with van der Waals surface area (Å²) in [6, 6.07) is 7.57. The molecule has 4 nitrogen and oxygen atoms in total. The van der Waals surface area contributed by atoms with Crippen molar-refractivity contribution in [3.05, 3.63) is 47.5 Å². The lowest BCUT2D eigenvalue weighted by Gasteiger charge is -2.14. The Morgan fingerprint density at radius 2 is 2.00 bits per heavy atom. The largest absolute Gasteiger partial charge is 0.492 e. The van der Waals surface area contributed by atoms with Crippen LogP contribution in [0.25, 0.3) is 0 Å². The average molecular weight is 301 g/mol. The van der Waals surface area contributed by atoms with Gasteiger partial charge in [-0.2, -0.15) is 0 Å². The van der Waals surface area contributed by atoms with Gasteiger partial charge in [-0.25, -0.2) is 4.98 Å². The standard InChI is InChI=1S/C16H19N3OS/c17-16(21)12-5-7-13(8-6-12)20-10-9-19-11-18-14-3-1-2-4-15(14)19/h5-8,11H,1-4,9-10H2,(H2,17,21). The summed E-state index contributed by atoms with van der Waals surface area (Å²) in [5.41, 5.74) is 9.08. The maximum absolute atomic E-state index is 5.77. The lowest BCUT2D eigenvalue weighted by atomic mass is 10.0. The number of benzene rings is 1. The molecule has 0 saturated heterocycles. The second kappa shape index (κ2) is 6.26. The summed E-state index contributed by atoms with van der Waals surface area (Å²) in [5, 5.41) is 0. The van der Waals surface area contributed by atoms with E-state index in [2.05, 4.69) is 9.55 Å². The normalized spacial score (nSPS) is 13.7. The number of fused-ring (bicyclic) bond motifs is 1. The summed E-state index contributed by atoms with van der Waals surface area (Å²) in [6.45, 7) is 1.47. The Balaban J connectivity index is 1.56. The molecule has 0 amide bonds. The Labute approximate surface area is 129 Å². The Bertz CT molecular complexity index is 633. The van der Waals surface area contributed by atoms with Crippen molar-refractivity contribution in [2.75, 3.05) is 6.61 Å². The molecule has 1 aliphatic carbocycles. The van der Waals surface area contributed by atoms with E-state index in [0.29, 0.717) is 11.6 Å². The quantitative estimate of drug-likeness (QED) is 0.862. The van der Waals surface area contributed by atoms with Crippen molar-refractivity contribution in [2.45, 2.75) is 32.2 Å². The van der Waals surface area contributed by atoms with Gasteiger partial charge in [-0.1, -0.05) is 12.2 Å². The highest BCUT2D eigenvalue weighted by Crippen LogP contribution is 2.20. The van der Waals surface area contributed by atoms with E-state index in [9.17, 15) is 0 Å². The van der Waals surface area contributed by atoms with E-state index in [1.807, 2.05) is 30.6 Å². The van der Waals surface area contributed by atoms with Crippen LogP contribution in [-0.2, 0) is 19.4 Å². The van der Waals surface area contributed by atoms with Crippen LogP contribution in [0, 0.1) is 0 Å². The van der Waals surface area contributed by atoms with Crippen LogP contribution in [0.3, 0.4) is 0 Å². The second-order valence-electron chi connectivity index (χ2n) is 5.28. The zero-order valence-corrected chi connectivity index (χ0v) is 12.7. The molecule has 1 aliphatic rings. The molecule has 3 rings (SSSR count). The smallest absolute Gasteiger partial charge is 0.119 e. The van der Waals surface area contributed by atoms with Crippen LogP contribution in [0.4, 0.5) is 0 Å². The first-order valence-electron chi connectivity index (χ1n) is 7.29. The van der Waals surface area contributed by atoms with Crippen molar-refractivity contribution in [3.8, 4) is 5.75 Å². The third kappa shape index (κ3) is 3.24. The lowest BCUT2D eigenvalue weighted by molar-refractivity contribution is 0.296. The Kier molecular flexibility index (Phi) is 4.20. The van der Waals surface area contributed by atoms with Crippen LogP contribution in [0.2, 0.25) is 0 Å². The third-order valence-corrected chi connectivity index (χ3v) is 4.09. The van der Waals surface area contributed by atoms with E-state index in [1.54, 1.807) is 0 Å². The molecule has 0 bridgehead atoms. The Morgan fingerprint density at radius 3 is 2.76 bits per heavy atom. The fourth-order valence-electron chi connectivity index (χ4n) is 2.70. The van der Waals surface area contributed by atoms with E-state index >= 15 is 0 Å². The monoisotopic (exact) mass is 301 g/mol. The molecule has 1 heterocycles. The highest BCUT2D eigenvalue weighted by molar-refractivity contribution is 7.80. The van der Waals surface area contributed by atoms with Crippen molar-refractivity contribution >= 4 is 17.2 Å². The van der Waals surface area contributed by atoms with Crippen molar-refractivity contribution in [1.29, 1.82) is 0 Å². The number of ether oxygens (including phenoxy) is 1. The first kappa shape index (κ1) is 14.1. The molecule has 0 radical (unpaired) electrons. The molecule has 110 valence electrons. The second-order valence-corrected chi connectivity index (χ2v) is 5.72. The minimum absolute atomic E-state index is 0.409. The van der Waals surface area contributed by atoms with Crippen LogP contribution >= 0.6 is 12.2 Å². The molecule has 0 saturated carbocycles. The predicted molar refractivity (Wildman–Crippen MR) is 86.7 cm³/mol. The third-order valence-electron chi connectivity index (χ3n) is 3.85. The minimum atomic E-state index is 0.409. The Hall–Kier alpha value is -1.88. The van der Waals surface area contributed by atoms with Crippen LogP contribution in [0.1, 0.15) is 29.8 Å². The van der Waals surface area contributed by atoms with Gasteiger partial charge in [-0.3, -0.25) is 0 Å². The number of imidazole rings is 1. The number of rotatable bonds is 5. The van der Waals surface area contributed by atoms with Crippen molar-refractivity contribution in [3.63, 3.8) is 0 Å². The fraction of sp³-hybridized carbons (Fsp3) is 0.375. The van der Waals surface area contributed by atoms with Crippen molar-refractivity contribution in [2.24, 2.45) is 5.73 Å². The maximum Gasteiger partial charge on any atom is 0.119 e. The van der Waals surface area contributed by atoms with Gasteiger partial charge in [0.15, 0.2) is 0 Å². The van der Waals surface area contributed by atoms with Crippen LogP contribution in [0.15, 0.2) is 30.6 Å². The number of hydrogen-bond acceptors (Lipinski definition) is 3. The Morgan fingerprint density at radius 1 is 1.24 bits per heavy atom. The minimum Gasteiger partial charge on any atom is -0.492 e. The number of nitrogens with zero attached hydrogens (tertiary/aromatic N) is 2. The number of nitrogens with two attached hydrogens (primary N) is 1. The van der Waals surface area contributed by atoms with Gasteiger partial charge < -0.3 is 15.0 Å². The molecule has 1 aromatic heterocycles. The zero-order valence-electron chi connectivity index (χ0n) is 11.9. The molecular formula is C16H19N3OS. The van der Waals surface area contributed by atoms with Gasteiger partial charge in [0.25, 0.3) is 0 Å². The van der Waals surface area contributed by atoms with Crippen LogP contribution in [-0.4, -0.2) is 21.1 Å². The van der Waals surface area contributed by atoms with E-state index in [0.717, 1.165) is 30.7 Å². The summed E-state index contributed by atoms with van der Waals surface area (Å²) in [5.74, 6) is 0.837. The van der Waals surface area contributed by atoms with Gasteiger partial charge in [0.05, 0.1) is 18.6 Å². The van der Waals surface area contributed by atoms with Gasteiger partial charge in [0, 0.05) is 11.3 Å². The molecule has 0 aliphatic heterocycles. The number of aromatic nitrogens is 2. The van der Waals surface area contributed by atoms with Crippen LogP contribution < -0.4 is 10.5 Å². The van der Waals surface area contributed by atoms with E-state index < -0.39 is 0 Å². The predicted octanol–water partition coefficient (Wildman–Crippen LogP) is 2.48. The average Bonchev–Trinajstić information content (AvgIpc) is 2.91. The number of thiocarbonyl (C=S) groups is 1. The van der Waals surface area contributed by atoms with E-state index in [1.165, 1.54) is 24.2 Å². The van der Waals surface area contributed by atoms with Gasteiger partial charge >= 0.3 is 0 Å². The highest BCUT2D eigenvalue weighted by Gasteiger charge is 2.14. The molecule has 5 heteroatoms. The summed E-state index contributed by atoms with van der Waals surface area (Å²) in [4.78, 5) is 4.90. The SMILES string of the molecule is NC(=S)c1ccc(OCCn2cnc3c2CCCC3)cc1. The molecule has 21 heavy (non-hydrogen) atoms. The summed E-state index contributed by atoms with van der Waals surface area (Å²) in [6.07, 6.45) is 6.72. The molecule has 2 aromatic rings. The zero-order chi connectivity index (χ0) is 14.7. The summed E-state index contributed by atoms with van der Waals surface area (Å²) >= 11 is 4.93. The summed E-state index contributed by atoms with van der Waals surface area (Å²) in [7, 11) is 0.